The number of hydrogen-bond acceptors (Lipinski definition) is 3. The first-order valence-corrected chi connectivity index (χ1v) is 12.8. The van der Waals surface area contributed by atoms with Crippen LogP contribution in [-0.2, 0) is 30.8 Å². The van der Waals surface area contributed by atoms with Gasteiger partial charge >= 0.3 is 5.97 Å². The van der Waals surface area contributed by atoms with Crippen molar-refractivity contribution in [1.29, 1.82) is 0 Å². The molecule has 4 rings (SSSR count). The third-order valence-corrected chi connectivity index (χ3v) is 6.13. The van der Waals surface area contributed by atoms with Crippen LogP contribution in [0, 0.1) is 0 Å². The van der Waals surface area contributed by atoms with Gasteiger partial charge in [-0.25, -0.2) is 9.79 Å². The van der Waals surface area contributed by atoms with Gasteiger partial charge in [-0.3, -0.25) is 4.79 Å². The Morgan fingerprint density at radius 3 is 1.67 bits per heavy atom. The van der Waals surface area contributed by atoms with Gasteiger partial charge in [0.1, 0.15) is 6.04 Å². The summed E-state index contributed by atoms with van der Waals surface area (Å²) in [4.78, 5) is 29.2. The Morgan fingerprint density at radius 2 is 1.13 bits per heavy atom. The zero-order chi connectivity index (χ0) is 27.3. The molecule has 0 heterocycles. The molecule has 0 aliphatic heterocycles. The summed E-state index contributed by atoms with van der Waals surface area (Å²) in [6, 6.07) is 35.5. The minimum absolute atomic E-state index is 0.213. The molecule has 0 fully saturated rings. The van der Waals surface area contributed by atoms with E-state index in [1.54, 1.807) is 12.1 Å². The lowest BCUT2D eigenvalue weighted by Gasteiger charge is -2.15. The monoisotopic (exact) mass is 520 g/mol. The van der Waals surface area contributed by atoms with Crippen LogP contribution in [0.1, 0.15) is 32.6 Å². The molecule has 39 heavy (non-hydrogen) atoms. The highest BCUT2D eigenvalue weighted by molar-refractivity contribution is 5.96. The summed E-state index contributed by atoms with van der Waals surface area (Å²) in [6.07, 6.45) is 0.213. The quantitative estimate of drug-likeness (QED) is 0.172. The summed E-state index contributed by atoms with van der Waals surface area (Å²) in [7, 11) is 0. The fourth-order valence-corrected chi connectivity index (χ4v) is 3.96. The third-order valence-electron chi connectivity index (χ3n) is 6.13. The third kappa shape index (κ3) is 8.86. The molecule has 0 radical (unpaired) electrons. The number of nitrogens with zero attached hydrogens (tertiary/aromatic N) is 1. The van der Waals surface area contributed by atoms with Crippen LogP contribution in [0.25, 0.3) is 0 Å². The fraction of sp³-hybridized carbons (Fsp3) is 0.156. The van der Waals surface area contributed by atoms with Crippen molar-refractivity contribution in [2.24, 2.45) is 4.99 Å². The summed E-state index contributed by atoms with van der Waals surface area (Å²) in [5.41, 5.74) is 4.46. The van der Waals surface area contributed by atoms with Gasteiger partial charge in [-0.2, -0.15) is 0 Å². The van der Waals surface area contributed by atoms with Gasteiger partial charge in [-0.15, -0.1) is 0 Å². The van der Waals surface area contributed by atoms with Crippen LogP contribution in [0.4, 0.5) is 0 Å². The Hall–Kier alpha value is -4.91. The van der Waals surface area contributed by atoms with E-state index < -0.39 is 17.9 Å². The highest BCUT2D eigenvalue weighted by Gasteiger charge is 2.21. The molecule has 0 aromatic heterocycles. The van der Waals surface area contributed by atoms with Crippen LogP contribution < -0.4 is 16.0 Å². The summed E-state index contributed by atoms with van der Waals surface area (Å²) in [5.74, 6) is -0.819. The molecule has 7 heteroatoms. The highest BCUT2D eigenvalue weighted by atomic mass is 16.4. The SMILES string of the molecule is O=C(NC(Cc1ccccc1)C(=O)O)c1ccc(CNC(=NCc2ccccc2)NCc2ccccc2)cc1. The smallest absolute Gasteiger partial charge is 0.326 e. The maximum atomic E-state index is 12.7. The number of hydrogen-bond donors (Lipinski definition) is 4. The standard InChI is InChI=1S/C32H32N4O3/c37-30(36-29(31(38)39)20-24-10-4-1-5-11-24)28-18-16-27(17-19-28)23-35-32(33-21-25-12-6-2-7-13-25)34-22-26-14-8-3-9-15-26/h1-19,29H,20-23H2,(H,36,37)(H,38,39)(H2,33,34,35). The molecule has 0 saturated carbocycles. The molecule has 0 aliphatic carbocycles. The zero-order valence-corrected chi connectivity index (χ0v) is 21.6. The van der Waals surface area contributed by atoms with Crippen molar-refractivity contribution in [3.05, 3.63) is 143 Å². The van der Waals surface area contributed by atoms with E-state index in [9.17, 15) is 14.7 Å². The van der Waals surface area contributed by atoms with E-state index in [2.05, 4.69) is 28.1 Å². The summed E-state index contributed by atoms with van der Waals surface area (Å²) < 4.78 is 0. The lowest BCUT2D eigenvalue weighted by atomic mass is 10.1. The lowest BCUT2D eigenvalue weighted by Crippen LogP contribution is -2.42. The minimum Gasteiger partial charge on any atom is -0.480 e. The van der Waals surface area contributed by atoms with E-state index in [-0.39, 0.29) is 6.42 Å². The number of amides is 1. The van der Waals surface area contributed by atoms with Gasteiger partial charge in [-0.1, -0.05) is 103 Å². The predicted molar refractivity (Wildman–Crippen MR) is 153 cm³/mol. The number of aliphatic imine (C=N–C) groups is 1. The molecule has 4 aromatic rings. The van der Waals surface area contributed by atoms with Crippen molar-refractivity contribution in [1.82, 2.24) is 16.0 Å². The Bertz CT molecular complexity index is 1360. The number of benzene rings is 4. The molecule has 0 spiro atoms. The second-order valence-corrected chi connectivity index (χ2v) is 9.09. The van der Waals surface area contributed by atoms with Crippen LogP contribution in [0.15, 0.2) is 120 Å². The number of carboxylic acids is 1. The van der Waals surface area contributed by atoms with E-state index in [0.29, 0.717) is 31.2 Å². The van der Waals surface area contributed by atoms with Crippen LogP contribution in [0.5, 0.6) is 0 Å². The normalized spacial score (nSPS) is 11.8. The molecule has 0 bridgehead atoms. The number of guanidine groups is 1. The Morgan fingerprint density at radius 1 is 0.641 bits per heavy atom. The van der Waals surface area contributed by atoms with Crippen molar-refractivity contribution in [3.8, 4) is 0 Å². The van der Waals surface area contributed by atoms with Crippen molar-refractivity contribution >= 4 is 17.8 Å². The highest BCUT2D eigenvalue weighted by Crippen LogP contribution is 2.08. The van der Waals surface area contributed by atoms with Gasteiger partial charge < -0.3 is 21.1 Å². The van der Waals surface area contributed by atoms with E-state index in [1.807, 2.05) is 91.0 Å². The van der Waals surface area contributed by atoms with E-state index in [4.69, 9.17) is 4.99 Å². The van der Waals surface area contributed by atoms with Crippen LogP contribution in [0.3, 0.4) is 0 Å². The van der Waals surface area contributed by atoms with Gasteiger partial charge in [-0.05, 0) is 34.4 Å². The van der Waals surface area contributed by atoms with Crippen LogP contribution >= 0.6 is 0 Å². The number of aliphatic carboxylic acids is 1. The molecule has 4 N–H and O–H groups in total. The molecule has 1 amide bonds. The molecular formula is C32H32N4O3. The average Bonchev–Trinajstić information content (AvgIpc) is 2.98. The molecule has 4 aromatic carbocycles. The molecule has 1 unspecified atom stereocenters. The first-order valence-electron chi connectivity index (χ1n) is 12.8. The maximum absolute atomic E-state index is 12.7. The zero-order valence-electron chi connectivity index (χ0n) is 21.6. The maximum Gasteiger partial charge on any atom is 0.326 e. The molecule has 198 valence electrons. The molecule has 0 saturated heterocycles. The number of carbonyl (C=O) groups is 2. The van der Waals surface area contributed by atoms with Gasteiger partial charge in [0.2, 0.25) is 0 Å². The van der Waals surface area contributed by atoms with Crippen molar-refractivity contribution in [3.63, 3.8) is 0 Å². The molecule has 1 atom stereocenters. The van der Waals surface area contributed by atoms with Crippen molar-refractivity contribution in [2.75, 3.05) is 0 Å². The number of carbonyl (C=O) groups excluding carboxylic acids is 1. The topological polar surface area (TPSA) is 103 Å². The van der Waals surface area contributed by atoms with E-state index in [1.165, 1.54) is 0 Å². The van der Waals surface area contributed by atoms with Crippen molar-refractivity contribution in [2.45, 2.75) is 32.1 Å². The largest absolute Gasteiger partial charge is 0.480 e. The molecular weight excluding hydrogens is 488 g/mol. The first kappa shape index (κ1) is 27.1. The summed E-state index contributed by atoms with van der Waals surface area (Å²) in [6.45, 7) is 1.68. The summed E-state index contributed by atoms with van der Waals surface area (Å²) in [5, 5.41) is 19.0. The molecule has 0 aliphatic rings. The second-order valence-electron chi connectivity index (χ2n) is 9.09. The number of nitrogens with one attached hydrogen (secondary N) is 3. The van der Waals surface area contributed by atoms with Crippen molar-refractivity contribution < 1.29 is 14.7 Å². The second kappa shape index (κ2) is 14.1. The van der Waals surface area contributed by atoms with Crippen LogP contribution in [-0.4, -0.2) is 29.0 Å². The van der Waals surface area contributed by atoms with E-state index >= 15 is 0 Å². The van der Waals surface area contributed by atoms with Gasteiger partial charge in [0.15, 0.2) is 5.96 Å². The first-order chi connectivity index (χ1) is 19.1. The van der Waals surface area contributed by atoms with Gasteiger partial charge in [0, 0.05) is 25.1 Å². The summed E-state index contributed by atoms with van der Waals surface area (Å²) >= 11 is 0. The lowest BCUT2D eigenvalue weighted by molar-refractivity contribution is -0.139. The number of rotatable bonds is 11. The Labute approximate surface area is 228 Å². The number of carboxylic acid groups (broad SMARTS) is 1. The molecule has 7 nitrogen and oxygen atoms in total. The minimum atomic E-state index is -1.07. The van der Waals surface area contributed by atoms with Gasteiger partial charge in [0.05, 0.1) is 6.54 Å². The Kier molecular flexibility index (Phi) is 9.84. The van der Waals surface area contributed by atoms with E-state index in [0.717, 1.165) is 22.3 Å². The van der Waals surface area contributed by atoms with Gasteiger partial charge in [0.25, 0.3) is 5.91 Å². The van der Waals surface area contributed by atoms with Crippen LogP contribution in [0.2, 0.25) is 0 Å². The fourth-order valence-electron chi connectivity index (χ4n) is 3.96. The predicted octanol–water partition coefficient (Wildman–Crippen LogP) is 4.55. The average molecular weight is 521 g/mol. The Balaban J connectivity index is 1.36.